The summed E-state index contributed by atoms with van der Waals surface area (Å²) in [7, 11) is 0. The second-order valence-corrected chi connectivity index (χ2v) is 9.06. The summed E-state index contributed by atoms with van der Waals surface area (Å²) in [4.78, 5) is 31.5. The topological polar surface area (TPSA) is 124 Å². The van der Waals surface area contributed by atoms with Crippen molar-refractivity contribution in [3.8, 4) is 22.8 Å². The van der Waals surface area contributed by atoms with Crippen LogP contribution in [0.5, 0.6) is 11.5 Å². The van der Waals surface area contributed by atoms with Crippen LogP contribution in [0.2, 0.25) is 5.02 Å². The third kappa shape index (κ3) is 4.31. The molecule has 0 spiro atoms. The molecule has 11 heteroatoms. The van der Waals surface area contributed by atoms with Crippen molar-refractivity contribution < 1.29 is 9.53 Å². The molecule has 2 N–H and O–H groups in total. The monoisotopic (exact) mass is 524 g/mol. The Morgan fingerprint density at radius 3 is 2.82 bits per heavy atom. The molecule has 1 aliphatic heterocycles. The summed E-state index contributed by atoms with van der Waals surface area (Å²) in [6.45, 7) is 4.63. The van der Waals surface area contributed by atoms with Gasteiger partial charge in [-0.15, -0.1) is 0 Å². The third-order valence-electron chi connectivity index (χ3n) is 6.36. The second-order valence-electron chi connectivity index (χ2n) is 8.65. The zero-order valence-corrected chi connectivity index (χ0v) is 20.8. The number of ether oxygens (including phenoxy) is 1. The normalized spacial score (nSPS) is 13.5. The van der Waals surface area contributed by atoms with E-state index >= 15 is 0 Å². The van der Waals surface area contributed by atoms with Crippen LogP contribution in [-0.2, 0) is 4.79 Å². The molecule has 10 nitrogen and oxygen atoms in total. The number of rotatable bonds is 5. The Hall–Kier alpha value is -4.83. The summed E-state index contributed by atoms with van der Waals surface area (Å²) in [5, 5.41) is 5.18. The molecule has 0 saturated carbocycles. The third-order valence-corrected chi connectivity index (χ3v) is 6.66. The minimum atomic E-state index is -0.0941. The lowest BCUT2D eigenvalue weighted by atomic mass is 10.0. The van der Waals surface area contributed by atoms with Gasteiger partial charge < -0.3 is 15.4 Å². The number of carbonyl (C=O) groups excluding carboxylic acids is 1. The molecule has 0 atom stereocenters. The summed E-state index contributed by atoms with van der Waals surface area (Å²) in [6.07, 6.45) is 8.63. The molecule has 6 rings (SSSR count). The maximum Gasteiger partial charge on any atom is 0.246 e. The van der Waals surface area contributed by atoms with Gasteiger partial charge in [0.2, 0.25) is 5.91 Å². The number of hydrogen-bond donors (Lipinski definition) is 1. The number of hydrogen-bond acceptors (Lipinski definition) is 8. The van der Waals surface area contributed by atoms with E-state index in [0.717, 1.165) is 16.8 Å². The van der Waals surface area contributed by atoms with Crippen LogP contribution in [0.15, 0.2) is 74.0 Å². The van der Waals surface area contributed by atoms with Crippen LogP contribution in [0.4, 0.5) is 5.82 Å². The highest BCUT2D eigenvalue weighted by molar-refractivity contribution is 6.32. The van der Waals surface area contributed by atoms with Crippen LogP contribution in [-0.4, -0.2) is 53.4 Å². The Bertz CT molecular complexity index is 1760. The van der Waals surface area contributed by atoms with Crippen molar-refractivity contribution in [2.24, 2.45) is 0 Å². The SMILES string of the molecule is C=CC(=O)N1CC=C(c2cc3c(N)ncnc3c(-c3ccc(Oc4ccn5ncnc5c4)c(Cl)c3)n2)CC1. The highest BCUT2D eigenvalue weighted by Crippen LogP contribution is 2.37. The van der Waals surface area contributed by atoms with E-state index in [-0.39, 0.29) is 5.91 Å². The molecule has 0 aliphatic carbocycles. The van der Waals surface area contributed by atoms with E-state index in [4.69, 9.17) is 27.1 Å². The average molecular weight is 525 g/mol. The number of anilines is 1. The maximum absolute atomic E-state index is 12.0. The Morgan fingerprint density at radius 1 is 1.13 bits per heavy atom. The lowest BCUT2D eigenvalue weighted by molar-refractivity contribution is -0.125. The number of amides is 1. The van der Waals surface area contributed by atoms with Gasteiger partial charge in [-0.3, -0.25) is 4.79 Å². The molecule has 0 unspecified atom stereocenters. The van der Waals surface area contributed by atoms with Crippen LogP contribution in [0, 0.1) is 0 Å². The fourth-order valence-electron chi connectivity index (χ4n) is 4.40. The highest BCUT2D eigenvalue weighted by Gasteiger charge is 2.20. The Balaban J connectivity index is 1.37. The molecule has 0 bridgehead atoms. The van der Waals surface area contributed by atoms with Gasteiger partial charge in [-0.1, -0.05) is 24.3 Å². The van der Waals surface area contributed by atoms with E-state index in [1.807, 2.05) is 18.2 Å². The van der Waals surface area contributed by atoms with Crippen LogP contribution in [0.3, 0.4) is 0 Å². The molecule has 0 saturated heterocycles. The van der Waals surface area contributed by atoms with E-state index < -0.39 is 0 Å². The Labute approximate surface area is 222 Å². The van der Waals surface area contributed by atoms with Crippen molar-refractivity contribution in [3.63, 3.8) is 0 Å². The molecule has 0 fully saturated rings. The summed E-state index contributed by atoms with van der Waals surface area (Å²) >= 11 is 6.66. The molecule has 1 amide bonds. The zero-order valence-electron chi connectivity index (χ0n) is 20.1. The largest absolute Gasteiger partial charge is 0.456 e. The van der Waals surface area contributed by atoms with Crippen molar-refractivity contribution in [2.45, 2.75) is 6.42 Å². The molecule has 1 aromatic carbocycles. The zero-order chi connectivity index (χ0) is 26.2. The standard InChI is InChI=1S/C27H21ClN8O2/c1-2-24(37)35-8-5-16(6-9-35)21-13-19-26(31-14-32-27(19)29)25(34-21)17-3-4-22(20(28)11-17)38-18-7-10-36-23(12-18)30-15-33-36/h2-5,7,10-15H,1,6,8-9H2,(H2,29,31,32). The van der Waals surface area contributed by atoms with Gasteiger partial charge >= 0.3 is 0 Å². The molecule has 5 heterocycles. The molecular weight excluding hydrogens is 504 g/mol. The molecule has 5 aromatic rings. The molecule has 0 radical (unpaired) electrons. The molecule has 38 heavy (non-hydrogen) atoms. The van der Waals surface area contributed by atoms with Gasteiger partial charge in [0.1, 0.15) is 35.5 Å². The van der Waals surface area contributed by atoms with Crippen molar-refractivity contribution >= 4 is 45.4 Å². The summed E-state index contributed by atoms with van der Waals surface area (Å²) in [5.41, 5.74) is 10.6. The van der Waals surface area contributed by atoms with Gasteiger partial charge in [0, 0.05) is 36.3 Å². The number of fused-ring (bicyclic) bond motifs is 2. The number of nitrogens with zero attached hydrogens (tertiary/aromatic N) is 7. The van der Waals surface area contributed by atoms with E-state index in [1.165, 1.54) is 18.7 Å². The Kier molecular flexibility index (Phi) is 5.93. The van der Waals surface area contributed by atoms with Crippen LogP contribution in [0.1, 0.15) is 12.1 Å². The molecule has 1 aliphatic rings. The first-order valence-corrected chi connectivity index (χ1v) is 12.2. The summed E-state index contributed by atoms with van der Waals surface area (Å²) < 4.78 is 7.66. The Morgan fingerprint density at radius 2 is 2.03 bits per heavy atom. The number of pyridine rings is 2. The van der Waals surface area contributed by atoms with Gasteiger partial charge in [0.05, 0.1) is 16.4 Å². The van der Waals surface area contributed by atoms with E-state index in [2.05, 4.69) is 26.6 Å². The van der Waals surface area contributed by atoms with Crippen LogP contribution < -0.4 is 10.5 Å². The fourth-order valence-corrected chi connectivity index (χ4v) is 4.62. The molecule has 188 valence electrons. The quantitative estimate of drug-likeness (QED) is 0.332. The lowest BCUT2D eigenvalue weighted by Crippen LogP contribution is -2.33. The number of nitrogens with two attached hydrogens (primary N) is 1. The van der Waals surface area contributed by atoms with Crippen LogP contribution >= 0.6 is 11.6 Å². The first kappa shape index (κ1) is 23.6. The predicted octanol–water partition coefficient (Wildman–Crippen LogP) is 4.56. The number of halogens is 1. The number of benzene rings is 1. The van der Waals surface area contributed by atoms with Gasteiger partial charge in [-0.05, 0) is 48.4 Å². The fraction of sp³-hybridized carbons (Fsp3) is 0.111. The predicted molar refractivity (Wildman–Crippen MR) is 145 cm³/mol. The molecule has 4 aromatic heterocycles. The highest BCUT2D eigenvalue weighted by atomic mass is 35.5. The van der Waals surface area contributed by atoms with Crippen LogP contribution in [0.25, 0.3) is 33.4 Å². The van der Waals surface area contributed by atoms with Crippen molar-refractivity contribution in [3.05, 3.63) is 84.7 Å². The number of nitrogen functional groups attached to an aromatic ring is 1. The first-order valence-electron chi connectivity index (χ1n) is 11.8. The van der Waals surface area contributed by atoms with Gasteiger partial charge in [-0.25, -0.2) is 24.5 Å². The van der Waals surface area contributed by atoms with Gasteiger partial charge in [0.25, 0.3) is 0 Å². The smallest absolute Gasteiger partial charge is 0.246 e. The van der Waals surface area contributed by atoms with Gasteiger partial charge in [0.15, 0.2) is 5.65 Å². The first-order chi connectivity index (χ1) is 18.5. The van der Waals surface area contributed by atoms with E-state index in [0.29, 0.717) is 64.1 Å². The van der Waals surface area contributed by atoms with Crippen molar-refractivity contribution in [2.75, 3.05) is 18.8 Å². The van der Waals surface area contributed by atoms with Crippen molar-refractivity contribution in [1.82, 2.24) is 34.4 Å². The molecular formula is C27H21ClN8O2. The van der Waals surface area contributed by atoms with E-state index in [1.54, 1.807) is 39.9 Å². The number of carbonyl (C=O) groups is 1. The van der Waals surface area contributed by atoms with Gasteiger partial charge in [-0.2, -0.15) is 5.10 Å². The summed E-state index contributed by atoms with van der Waals surface area (Å²) in [5.74, 6) is 1.33. The summed E-state index contributed by atoms with van der Waals surface area (Å²) in [6, 6.07) is 10.9. The van der Waals surface area contributed by atoms with Crippen molar-refractivity contribution in [1.29, 1.82) is 0 Å². The number of aromatic nitrogens is 6. The maximum atomic E-state index is 12.0. The van der Waals surface area contributed by atoms with E-state index in [9.17, 15) is 4.79 Å². The lowest BCUT2D eigenvalue weighted by Gasteiger charge is -2.25. The average Bonchev–Trinajstić information content (AvgIpc) is 3.42. The second kappa shape index (κ2) is 9.56. The minimum Gasteiger partial charge on any atom is -0.456 e. The minimum absolute atomic E-state index is 0.0941.